The van der Waals surface area contributed by atoms with Crippen LogP contribution in [0.2, 0.25) is 0 Å². The van der Waals surface area contributed by atoms with Gasteiger partial charge in [-0.1, -0.05) is 12.1 Å². The summed E-state index contributed by atoms with van der Waals surface area (Å²) >= 11 is 0. The third-order valence-corrected chi connectivity index (χ3v) is 1.95. The maximum absolute atomic E-state index is 10.2. The van der Waals surface area contributed by atoms with Gasteiger partial charge in [-0.25, -0.2) is 4.79 Å². The first-order valence-corrected chi connectivity index (χ1v) is 4.80. The molecule has 0 spiro atoms. The molecule has 0 radical (unpaired) electrons. The van der Waals surface area contributed by atoms with E-state index in [0.717, 1.165) is 13.0 Å². The van der Waals surface area contributed by atoms with Gasteiger partial charge in [0.1, 0.15) is 5.75 Å². The fraction of sp³-hybridized carbons (Fsp3) is 0.364. The molecule has 1 aromatic rings. The second kappa shape index (κ2) is 6.03. The van der Waals surface area contributed by atoms with Crippen LogP contribution in [0.5, 0.6) is 5.75 Å². The molecular formula is C11H15NO3. The zero-order chi connectivity index (χ0) is 11.1. The van der Waals surface area contributed by atoms with Gasteiger partial charge in [-0.3, -0.25) is 0 Å². The van der Waals surface area contributed by atoms with Gasteiger partial charge >= 0.3 is 5.97 Å². The molecule has 0 saturated heterocycles. The number of hydrogen-bond donors (Lipinski definition) is 2. The second-order valence-corrected chi connectivity index (χ2v) is 3.18. The molecular weight excluding hydrogens is 194 g/mol. The van der Waals surface area contributed by atoms with E-state index >= 15 is 0 Å². The molecule has 1 aromatic carbocycles. The molecule has 4 nitrogen and oxygen atoms in total. The van der Waals surface area contributed by atoms with E-state index in [-0.39, 0.29) is 6.61 Å². The van der Waals surface area contributed by atoms with Crippen molar-refractivity contribution in [1.29, 1.82) is 0 Å². The van der Waals surface area contributed by atoms with E-state index in [2.05, 4.69) is 5.32 Å². The Morgan fingerprint density at radius 2 is 2.07 bits per heavy atom. The lowest BCUT2D eigenvalue weighted by atomic mass is 10.1. The van der Waals surface area contributed by atoms with Crippen LogP contribution in [-0.4, -0.2) is 31.3 Å². The molecule has 0 saturated carbocycles. The lowest BCUT2D eigenvalue weighted by molar-refractivity contribution is -0.139. The van der Waals surface area contributed by atoms with Crippen molar-refractivity contribution < 1.29 is 14.6 Å². The normalized spacial score (nSPS) is 9.93. The first-order valence-electron chi connectivity index (χ1n) is 4.80. The summed E-state index contributed by atoms with van der Waals surface area (Å²) < 4.78 is 5.01. The summed E-state index contributed by atoms with van der Waals surface area (Å²) in [6.45, 7) is 0.630. The summed E-state index contributed by atoms with van der Waals surface area (Å²) in [7, 11) is 1.91. The first kappa shape index (κ1) is 11.5. The predicted molar refractivity (Wildman–Crippen MR) is 57.2 cm³/mol. The number of ether oxygens (including phenoxy) is 1. The Balaban J connectivity index is 2.45. The van der Waals surface area contributed by atoms with Crippen molar-refractivity contribution in [2.24, 2.45) is 0 Å². The summed E-state index contributed by atoms with van der Waals surface area (Å²) in [5.74, 6) is -0.375. The largest absolute Gasteiger partial charge is 0.482 e. The van der Waals surface area contributed by atoms with E-state index in [9.17, 15) is 4.79 Å². The number of hydrogen-bond acceptors (Lipinski definition) is 3. The average Bonchev–Trinajstić information content (AvgIpc) is 2.25. The molecule has 2 N–H and O–H groups in total. The van der Waals surface area contributed by atoms with Gasteiger partial charge in [0, 0.05) is 0 Å². The van der Waals surface area contributed by atoms with Crippen molar-refractivity contribution in [3.05, 3.63) is 29.8 Å². The minimum atomic E-state index is -0.964. The molecule has 4 heteroatoms. The molecule has 0 heterocycles. The smallest absolute Gasteiger partial charge is 0.341 e. The van der Waals surface area contributed by atoms with Crippen molar-refractivity contribution in [2.45, 2.75) is 6.42 Å². The fourth-order valence-corrected chi connectivity index (χ4v) is 1.17. The van der Waals surface area contributed by atoms with Gasteiger partial charge in [0.2, 0.25) is 0 Å². The topological polar surface area (TPSA) is 58.6 Å². The fourth-order valence-electron chi connectivity index (χ4n) is 1.17. The predicted octanol–water partition coefficient (Wildman–Crippen LogP) is 0.912. The molecule has 0 amide bonds. The van der Waals surface area contributed by atoms with Crippen LogP contribution in [0.4, 0.5) is 0 Å². The Kier molecular flexibility index (Phi) is 4.63. The standard InChI is InChI=1S/C11H15NO3/c1-12-7-6-9-2-4-10(5-3-9)15-8-11(13)14/h2-5,12H,6-8H2,1H3,(H,13,14). The monoisotopic (exact) mass is 209 g/mol. The Labute approximate surface area is 88.9 Å². The van der Waals surface area contributed by atoms with Crippen molar-refractivity contribution >= 4 is 5.97 Å². The molecule has 0 aromatic heterocycles. The van der Waals surface area contributed by atoms with Crippen LogP contribution < -0.4 is 10.1 Å². The van der Waals surface area contributed by atoms with Crippen LogP contribution >= 0.6 is 0 Å². The molecule has 15 heavy (non-hydrogen) atoms. The Morgan fingerprint density at radius 1 is 1.40 bits per heavy atom. The van der Waals surface area contributed by atoms with E-state index in [1.54, 1.807) is 12.1 Å². The molecule has 0 aliphatic heterocycles. The molecule has 82 valence electrons. The zero-order valence-corrected chi connectivity index (χ0v) is 8.69. The van der Waals surface area contributed by atoms with Gasteiger partial charge in [-0.15, -0.1) is 0 Å². The average molecular weight is 209 g/mol. The van der Waals surface area contributed by atoms with Crippen molar-refractivity contribution in [3.63, 3.8) is 0 Å². The maximum Gasteiger partial charge on any atom is 0.341 e. The van der Waals surface area contributed by atoms with Gasteiger partial charge in [0.25, 0.3) is 0 Å². The highest BCUT2D eigenvalue weighted by Gasteiger charge is 1.99. The number of benzene rings is 1. The van der Waals surface area contributed by atoms with E-state index < -0.39 is 5.97 Å². The SMILES string of the molecule is CNCCc1ccc(OCC(=O)O)cc1. The second-order valence-electron chi connectivity index (χ2n) is 3.18. The van der Waals surface area contributed by atoms with Crippen molar-refractivity contribution in [1.82, 2.24) is 5.32 Å². The third kappa shape index (κ3) is 4.46. The molecule has 0 unspecified atom stereocenters. The summed E-state index contributed by atoms with van der Waals surface area (Å²) in [5.41, 5.74) is 1.20. The quantitative estimate of drug-likeness (QED) is 0.731. The number of aliphatic carboxylic acids is 1. The molecule has 0 atom stereocenters. The van der Waals surface area contributed by atoms with E-state index in [1.165, 1.54) is 5.56 Å². The molecule has 0 aliphatic carbocycles. The Morgan fingerprint density at radius 3 is 2.60 bits per heavy atom. The summed E-state index contributed by atoms with van der Waals surface area (Å²) in [6.07, 6.45) is 0.954. The van der Waals surface area contributed by atoms with Gasteiger partial charge in [0.15, 0.2) is 6.61 Å². The van der Waals surface area contributed by atoms with Gasteiger partial charge in [0.05, 0.1) is 0 Å². The van der Waals surface area contributed by atoms with Crippen molar-refractivity contribution in [3.8, 4) is 5.75 Å². The summed E-state index contributed by atoms with van der Waals surface area (Å²) in [5, 5.41) is 11.5. The lowest BCUT2D eigenvalue weighted by Gasteiger charge is -2.04. The van der Waals surface area contributed by atoms with E-state index in [4.69, 9.17) is 9.84 Å². The number of likely N-dealkylation sites (N-methyl/N-ethyl adjacent to an activating group) is 1. The summed E-state index contributed by atoms with van der Waals surface area (Å²) in [4.78, 5) is 10.2. The highest BCUT2D eigenvalue weighted by Crippen LogP contribution is 2.12. The van der Waals surface area contributed by atoms with Gasteiger partial charge in [-0.05, 0) is 37.7 Å². The number of carbonyl (C=O) groups is 1. The first-order chi connectivity index (χ1) is 7.22. The maximum atomic E-state index is 10.2. The van der Waals surface area contributed by atoms with Crippen LogP contribution in [0.1, 0.15) is 5.56 Å². The molecule has 0 fully saturated rings. The molecule has 0 bridgehead atoms. The number of carboxylic acids is 1. The highest BCUT2D eigenvalue weighted by molar-refractivity contribution is 5.68. The number of rotatable bonds is 6. The number of nitrogens with one attached hydrogen (secondary N) is 1. The van der Waals surface area contributed by atoms with Gasteiger partial charge in [-0.2, -0.15) is 0 Å². The van der Waals surface area contributed by atoms with E-state index in [1.807, 2.05) is 19.2 Å². The lowest BCUT2D eigenvalue weighted by Crippen LogP contribution is -2.10. The van der Waals surface area contributed by atoms with Crippen LogP contribution in [0.25, 0.3) is 0 Å². The molecule has 0 aliphatic rings. The minimum absolute atomic E-state index is 0.296. The van der Waals surface area contributed by atoms with Crippen LogP contribution in [0, 0.1) is 0 Å². The summed E-state index contributed by atoms with van der Waals surface area (Å²) in [6, 6.07) is 7.45. The van der Waals surface area contributed by atoms with Crippen LogP contribution in [0.3, 0.4) is 0 Å². The number of carboxylic acid groups (broad SMARTS) is 1. The molecule has 1 rings (SSSR count). The van der Waals surface area contributed by atoms with Crippen LogP contribution in [-0.2, 0) is 11.2 Å². The Hall–Kier alpha value is -1.55. The third-order valence-electron chi connectivity index (χ3n) is 1.95. The minimum Gasteiger partial charge on any atom is -0.482 e. The van der Waals surface area contributed by atoms with Crippen LogP contribution in [0.15, 0.2) is 24.3 Å². The van der Waals surface area contributed by atoms with Gasteiger partial charge < -0.3 is 15.2 Å². The Bertz CT molecular complexity index is 308. The highest BCUT2D eigenvalue weighted by atomic mass is 16.5. The zero-order valence-electron chi connectivity index (χ0n) is 8.69. The van der Waals surface area contributed by atoms with E-state index in [0.29, 0.717) is 5.75 Å². The van der Waals surface area contributed by atoms with Crippen molar-refractivity contribution in [2.75, 3.05) is 20.2 Å².